The van der Waals surface area contributed by atoms with Crippen molar-refractivity contribution in [1.29, 1.82) is 0 Å². The van der Waals surface area contributed by atoms with E-state index in [1.165, 1.54) is 5.69 Å². The Labute approximate surface area is 142 Å². The van der Waals surface area contributed by atoms with Gasteiger partial charge >= 0.3 is 11.6 Å². The highest BCUT2D eigenvalue weighted by atomic mass is 15.3. The van der Waals surface area contributed by atoms with Gasteiger partial charge in [0.2, 0.25) is 11.8 Å². The number of aryl methyl sites for hydroxylation is 4. The second-order valence-electron chi connectivity index (χ2n) is 6.47. The minimum atomic E-state index is 0.706. The molecule has 0 fully saturated rings. The highest BCUT2D eigenvalue weighted by Crippen LogP contribution is 2.20. The van der Waals surface area contributed by atoms with Gasteiger partial charge in [0.1, 0.15) is 11.9 Å². The topological polar surface area (TPSA) is 58.7 Å². The number of nitrogens with zero attached hydrogens (tertiary/aromatic N) is 7. The third-order valence-electron chi connectivity index (χ3n) is 4.12. The number of fused-ring (bicyclic) bond motifs is 1. The zero-order chi connectivity index (χ0) is 17.4. The molecule has 3 rings (SSSR count). The average molecular weight is 330 g/mol. The summed E-state index contributed by atoms with van der Waals surface area (Å²) in [4.78, 5) is 11.3. The minimum absolute atomic E-state index is 0.706. The van der Waals surface area contributed by atoms with E-state index in [0.717, 1.165) is 29.9 Å². The fraction of sp³-hybridized carbons (Fsp3) is 0.500. The van der Waals surface area contributed by atoms with E-state index in [2.05, 4.69) is 43.6 Å². The van der Waals surface area contributed by atoms with E-state index in [1.54, 1.807) is 0 Å². The molecule has 0 unspecified atom stereocenters. The summed E-state index contributed by atoms with van der Waals surface area (Å²) in [6.07, 6.45) is 7.16. The number of hydrogen-bond acceptors (Lipinski definition) is 4. The highest BCUT2D eigenvalue weighted by Gasteiger charge is 2.21. The normalized spacial score (nSPS) is 11.2. The van der Waals surface area contributed by atoms with Crippen molar-refractivity contribution in [2.75, 3.05) is 30.9 Å². The van der Waals surface area contributed by atoms with Crippen molar-refractivity contribution in [3.63, 3.8) is 0 Å². The zero-order valence-corrected chi connectivity index (χ0v) is 15.3. The Morgan fingerprint density at radius 1 is 1.12 bits per heavy atom. The van der Waals surface area contributed by atoms with Gasteiger partial charge in [-0.15, -0.1) is 0 Å². The molecule has 8 nitrogen and oxygen atoms in total. The fourth-order valence-electron chi connectivity index (χ4n) is 2.95. The molecular formula is C16H26N8+2. The first-order valence-corrected chi connectivity index (χ1v) is 8.01. The summed E-state index contributed by atoms with van der Waals surface area (Å²) >= 11 is 0. The fourth-order valence-corrected chi connectivity index (χ4v) is 2.95. The van der Waals surface area contributed by atoms with Gasteiger partial charge in [-0.3, -0.25) is 4.57 Å². The van der Waals surface area contributed by atoms with E-state index < -0.39 is 0 Å². The Hall–Kier alpha value is -2.64. The largest absolute Gasteiger partial charge is 0.366 e. The van der Waals surface area contributed by atoms with Crippen LogP contribution in [0.25, 0.3) is 11.2 Å². The van der Waals surface area contributed by atoms with Crippen molar-refractivity contribution in [3.8, 4) is 0 Å². The van der Waals surface area contributed by atoms with Gasteiger partial charge in [0.25, 0.3) is 0 Å². The molecule has 3 aromatic heterocycles. The van der Waals surface area contributed by atoms with Crippen molar-refractivity contribution in [3.05, 3.63) is 24.5 Å². The SMILES string of the molecule is CN(C)c1nc(NCCc2c[n+](C)cn2C)c2c(n1)[n+](C)cn2C. The van der Waals surface area contributed by atoms with Crippen LogP contribution in [0.15, 0.2) is 18.9 Å². The van der Waals surface area contributed by atoms with Crippen molar-refractivity contribution in [1.82, 2.24) is 19.1 Å². The van der Waals surface area contributed by atoms with Crippen LogP contribution in [0.1, 0.15) is 5.69 Å². The predicted molar refractivity (Wildman–Crippen MR) is 92.8 cm³/mol. The molecule has 0 bridgehead atoms. The van der Waals surface area contributed by atoms with Crippen LogP contribution in [0.5, 0.6) is 0 Å². The maximum absolute atomic E-state index is 4.69. The van der Waals surface area contributed by atoms with Gasteiger partial charge in [-0.1, -0.05) is 4.98 Å². The maximum atomic E-state index is 4.69. The summed E-state index contributed by atoms with van der Waals surface area (Å²) in [7, 11) is 12.0. The molecule has 3 heterocycles. The van der Waals surface area contributed by atoms with E-state index in [4.69, 9.17) is 4.98 Å². The molecule has 128 valence electrons. The molecular weight excluding hydrogens is 304 g/mol. The molecule has 0 radical (unpaired) electrons. The lowest BCUT2D eigenvalue weighted by Crippen LogP contribution is -2.27. The Morgan fingerprint density at radius 2 is 1.88 bits per heavy atom. The lowest BCUT2D eigenvalue weighted by atomic mass is 10.3. The minimum Gasteiger partial charge on any atom is -0.366 e. The van der Waals surface area contributed by atoms with Gasteiger partial charge in [0, 0.05) is 27.1 Å². The van der Waals surface area contributed by atoms with E-state index in [0.29, 0.717) is 5.95 Å². The van der Waals surface area contributed by atoms with Crippen LogP contribution in [0.3, 0.4) is 0 Å². The molecule has 0 aliphatic carbocycles. The number of aromatic nitrogens is 6. The molecule has 24 heavy (non-hydrogen) atoms. The van der Waals surface area contributed by atoms with Gasteiger partial charge in [-0.05, 0) is 0 Å². The molecule has 8 heteroatoms. The molecule has 0 saturated carbocycles. The van der Waals surface area contributed by atoms with Crippen molar-refractivity contribution in [2.24, 2.45) is 28.2 Å². The number of nitrogens with one attached hydrogen (secondary N) is 1. The Morgan fingerprint density at radius 3 is 2.50 bits per heavy atom. The van der Waals surface area contributed by atoms with Crippen LogP contribution >= 0.6 is 0 Å². The van der Waals surface area contributed by atoms with E-state index in [-0.39, 0.29) is 0 Å². The van der Waals surface area contributed by atoms with Gasteiger partial charge in [0.05, 0.1) is 28.2 Å². The van der Waals surface area contributed by atoms with Crippen LogP contribution in [0, 0.1) is 0 Å². The Balaban J connectivity index is 1.89. The van der Waals surface area contributed by atoms with Crippen molar-refractivity contribution in [2.45, 2.75) is 6.42 Å². The molecule has 3 aromatic rings. The van der Waals surface area contributed by atoms with Gasteiger partial charge in [-0.25, -0.2) is 13.7 Å². The number of rotatable bonds is 5. The van der Waals surface area contributed by atoms with Crippen LogP contribution in [-0.4, -0.2) is 39.7 Å². The first-order chi connectivity index (χ1) is 11.4. The lowest BCUT2D eigenvalue weighted by Gasteiger charge is -2.10. The Kier molecular flexibility index (Phi) is 4.13. The third-order valence-corrected chi connectivity index (χ3v) is 4.12. The number of anilines is 2. The zero-order valence-electron chi connectivity index (χ0n) is 15.3. The van der Waals surface area contributed by atoms with Crippen LogP contribution in [0.4, 0.5) is 11.8 Å². The average Bonchev–Trinajstić information content (AvgIpc) is 2.98. The first-order valence-electron chi connectivity index (χ1n) is 8.01. The standard InChI is InChI=1S/C16H26N8/c1-20(2)16-18-14(13-15(19-16)24(6)11-23(13)5)17-8-7-12-9-21(3)10-22(12)4/h9-11H,7-8H2,1-6H3,(H,17,18,19)/q+2. The van der Waals surface area contributed by atoms with Crippen LogP contribution < -0.4 is 19.4 Å². The lowest BCUT2D eigenvalue weighted by molar-refractivity contribution is -0.671. The summed E-state index contributed by atoms with van der Waals surface area (Å²) in [5, 5.41) is 3.49. The van der Waals surface area contributed by atoms with E-state index in [1.807, 2.05) is 51.0 Å². The van der Waals surface area contributed by atoms with Gasteiger partial charge in [-0.2, -0.15) is 4.98 Å². The van der Waals surface area contributed by atoms with Gasteiger partial charge < -0.3 is 10.2 Å². The monoisotopic (exact) mass is 330 g/mol. The summed E-state index contributed by atoms with van der Waals surface area (Å²) in [5.74, 6) is 1.57. The quantitative estimate of drug-likeness (QED) is 0.651. The second kappa shape index (κ2) is 6.10. The molecule has 0 aliphatic heterocycles. The Bertz CT molecular complexity index is 874. The number of hydrogen-bond donors (Lipinski definition) is 1. The summed E-state index contributed by atoms with van der Waals surface area (Å²) in [5.41, 5.74) is 3.21. The van der Waals surface area contributed by atoms with Crippen LogP contribution in [0.2, 0.25) is 0 Å². The molecule has 0 aromatic carbocycles. The van der Waals surface area contributed by atoms with Crippen LogP contribution in [-0.2, 0) is 34.6 Å². The smallest absolute Gasteiger partial charge is 0.309 e. The first kappa shape index (κ1) is 16.2. The molecule has 0 atom stereocenters. The maximum Gasteiger partial charge on any atom is 0.309 e. The van der Waals surface area contributed by atoms with Gasteiger partial charge in [0.15, 0.2) is 12.1 Å². The molecule has 1 N–H and O–H groups in total. The van der Waals surface area contributed by atoms with E-state index >= 15 is 0 Å². The third kappa shape index (κ3) is 2.91. The summed E-state index contributed by atoms with van der Waals surface area (Å²) in [6.45, 7) is 0.811. The molecule has 0 spiro atoms. The molecule has 0 aliphatic rings. The van der Waals surface area contributed by atoms with E-state index in [9.17, 15) is 0 Å². The predicted octanol–water partition coefficient (Wildman–Crippen LogP) is -0.324. The summed E-state index contributed by atoms with van der Waals surface area (Å²) in [6, 6.07) is 0. The molecule has 0 saturated heterocycles. The summed E-state index contributed by atoms with van der Waals surface area (Å²) < 4.78 is 8.29. The molecule has 0 amide bonds. The van der Waals surface area contributed by atoms with Crippen molar-refractivity contribution >= 4 is 22.9 Å². The second-order valence-corrected chi connectivity index (χ2v) is 6.47. The number of imidazole rings is 2. The van der Waals surface area contributed by atoms with Crippen molar-refractivity contribution < 1.29 is 9.13 Å². The highest BCUT2D eigenvalue weighted by molar-refractivity contribution is 5.82.